The van der Waals surface area contributed by atoms with Crippen LogP contribution in [0.3, 0.4) is 0 Å². The second kappa shape index (κ2) is 12.0. The Hall–Kier alpha value is -3.38. The van der Waals surface area contributed by atoms with Crippen LogP contribution in [-0.4, -0.2) is 17.1 Å². The molecule has 0 saturated carbocycles. The van der Waals surface area contributed by atoms with E-state index in [4.69, 9.17) is 9.72 Å². The van der Waals surface area contributed by atoms with Gasteiger partial charge in [-0.2, -0.15) is 5.10 Å². The van der Waals surface area contributed by atoms with Crippen molar-refractivity contribution < 1.29 is 13.9 Å². The van der Waals surface area contributed by atoms with Gasteiger partial charge in [0.15, 0.2) is 0 Å². The number of para-hydroxylation sites is 1. The van der Waals surface area contributed by atoms with Crippen molar-refractivity contribution in [3.05, 3.63) is 127 Å². The summed E-state index contributed by atoms with van der Waals surface area (Å²) >= 11 is 4.35. The predicted molar refractivity (Wildman–Crippen MR) is 165 cm³/mol. The summed E-state index contributed by atoms with van der Waals surface area (Å²) in [6.07, 6.45) is 1.59. The summed E-state index contributed by atoms with van der Waals surface area (Å²) in [4.78, 5) is 17.9. The highest BCUT2D eigenvalue weighted by Crippen LogP contribution is 2.30. The molecular formula is C30H20FI2N3O2. The number of nitrogens with one attached hydrogen (secondary N) is 1. The Morgan fingerprint density at radius 3 is 2.37 bits per heavy atom. The molecule has 0 spiro atoms. The number of benzene rings is 4. The van der Waals surface area contributed by atoms with Crippen molar-refractivity contribution in [1.82, 2.24) is 10.4 Å². The van der Waals surface area contributed by atoms with Crippen molar-refractivity contribution in [2.24, 2.45) is 5.10 Å². The highest BCUT2D eigenvalue weighted by Gasteiger charge is 2.14. The lowest BCUT2D eigenvalue weighted by atomic mass is 10.0. The van der Waals surface area contributed by atoms with E-state index in [2.05, 4.69) is 55.7 Å². The van der Waals surface area contributed by atoms with Gasteiger partial charge in [0.25, 0.3) is 5.91 Å². The van der Waals surface area contributed by atoms with Crippen LogP contribution in [0, 0.1) is 13.0 Å². The minimum Gasteiger partial charge on any atom is -0.487 e. The smallest absolute Gasteiger partial charge is 0.272 e. The highest BCUT2D eigenvalue weighted by molar-refractivity contribution is 14.1. The van der Waals surface area contributed by atoms with E-state index < -0.39 is 0 Å². The lowest BCUT2D eigenvalue weighted by molar-refractivity contribution is 0.0956. The van der Waals surface area contributed by atoms with Crippen LogP contribution in [0.1, 0.15) is 21.5 Å². The molecule has 1 aromatic heterocycles. The number of hydrogen-bond donors (Lipinski definition) is 1. The van der Waals surface area contributed by atoms with Gasteiger partial charge in [-0.1, -0.05) is 66.7 Å². The topological polar surface area (TPSA) is 63.6 Å². The number of halogens is 3. The Morgan fingerprint density at radius 1 is 0.921 bits per heavy atom. The lowest BCUT2D eigenvalue weighted by Gasteiger charge is -2.12. The normalized spacial score (nSPS) is 11.1. The van der Waals surface area contributed by atoms with Gasteiger partial charge in [-0.05, 0) is 81.1 Å². The summed E-state index contributed by atoms with van der Waals surface area (Å²) in [5.41, 5.74) is 6.81. The maximum Gasteiger partial charge on any atom is 0.272 e. The van der Waals surface area contributed by atoms with E-state index in [1.807, 2.05) is 66.7 Å². The number of pyridine rings is 1. The molecule has 8 heteroatoms. The number of fused-ring (bicyclic) bond motifs is 1. The Bertz CT molecular complexity index is 1640. The van der Waals surface area contributed by atoms with E-state index in [0.717, 1.165) is 29.2 Å². The molecule has 5 aromatic rings. The SMILES string of the molecule is O=C(N/N=C/c1cc(I)c(OCc2ccccc2F)c(I)c1)c1cc(-c2ccccc2)nc2ccccc12. The van der Waals surface area contributed by atoms with Crippen molar-refractivity contribution >= 4 is 68.2 Å². The van der Waals surface area contributed by atoms with Gasteiger partial charge in [-0.25, -0.2) is 14.8 Å². The Balaban J connectivity index is 1.33. The van der Waals surface area contributed by atoms with Gasteiger partial charge in [0, 0.05) is 16.5 Å². The summed E-state index contributed by atoms with van der Waals surface area (Å²) < 4.78 is 21.5. The molecule has 5 nitrogen and oxygen atoms in total. The minimum atomic E-state index is -0.328. The van der Waals surface area contributed by atoms with E-state index in [1.54, 1.807) is 30.5 Å². The van der Waals surface area contributed by atoms with Crippen LogP contribution in [-0.2, 0) is 6.61 Å². The molecule has 38 heavy (non-hydrogen) atoms. The van der Waals surface area contributed by atoms with Crippen LogP contribution in [0.5, 0.6) is 5.75 Å². The molecule has 0 aliphatic rings. The van der Waals surface area contributed by atoms with Crippen molar-refractivity contribution in [3.8, 4) is 17.0 Å². The predicted octanol–water partition coefficient (Wildman–Crippen LogP) is 7.59. The first kappa shape index (κ1) is 26.2. The van der Waals surface area contributed by atoms with Crippen LogP contribution in [0.15, 0.2) is 102 Å². The molecule has 1 heterocycles. The maximum absolute atomic E-state index is 13.9. The molecule has 1 amide bonds. The quantitative estimate of drug-likeness (QED) is 0.107. The zero-order valence-electron chi connectivity index (χ0n) is 19.9. The fraction of sp³-hybridized carbons (Fsp3) is 0.0333. The molecular weight excluding hydrogens is 707 g/mol. The van der Waals surface area contributed by atoms with Gasteiger partial charge in [-0.3, -0.25) is 4.79 Å². The summed E-state index contributed by atoms with van der Waals surface area (Å²) in [5, 5.41) is 4.95. The molecule has 0 aliphatic carbocycles. The largest absolute Gasteiger partial charge is 0.487 e. The number of carbonyl (C=O) groups is 1. The van der Waals surface area contributed by atoms with Gasteiger partial charge in [0.05, 0.1) is 30.1 Å². The summed E-state index contributed by atoms with van der Waals surface area (Å²) in [5.74, 6) is 0.0495. The molecule has 0 radical (unpaired) electrons. The molecule has 0 aliphatic heterocycles. The molecule has 0 saturated heterocycles. The molecule has 1 N–H and O–H groups in total. The van der Waals surface area contributed by atoms with Gasteiger partial charge >= 0.3 is 0 Å². The van der Waals surface area contributed by atoms with E-state index >= 15 is 0 Å². The molecule has 0 unspecified atom stereocenters. The lowest BCUT2D eigenvalue weighted by Crippen LogP contribution is -2.18. The van der Waals surface area contributed by atoms with Gasteiger partial charge in [0.1, 0.15) is 18.2 Å². The number of carbonyl (C=O) groups excluding carboxylic acids is 1. The van der Waals surface area contributed by atoms with E-state index in [-0.39, 0.29) is 18.3 Å². The third kappa shape index (κ3) is 6.02. The zero-order chi connectivity index (χ0) is 26.5. The number of aromatic nitrogens is 1. The van der Waals surface area contributed by atoms with Crippen LogP contribution in [0.4, 0.5) is 4.39 Å². The van der Waals surface area contributed by atoms with Crippen molar-refractivity contribution in [2.45, 2.75) is 6.61 Å². The summed E-state index contributed by atoms with van der Waals surface area (Å²) in [6.45, 7) is 0.132. The fourth-order valence-corrected chi connectivity index (χ4v) is 6.03. The molecule has 5 rings (SSSR count). The second-order valence-corrected chi connectivity index (χ2v) is 10.7. The molecule has 0 fully saturated rings. The first-order valence-corrected chi connectivity index (χ1v) is 13.8. The maximum atomic E-state index is 13.9. The van der Waals surface area contributed by atoms with Crippen LogP contribution in [0.25, 0.3) is 22.2 Å². The first-order valence-electron chi connectivity index (χ1n) is 11.6. The Labute approximate surface area is 246 Å². The van der Waals surface area contributed by atoms with E-state index in [1.165, 1.54) is 6.07 Å². The van der Waals surface area contributed by atoms with Crippen molar-refractivity contribution in [3.63, 3.8) is 0 Å². The van der Waals surface area contributed by atoms with Crippen LogP contribution < -0.4 is 10.2 Å². The van der Waals surface area contributed by atoms with E-state index in [0.29, 0.717) is 22.6 Å². The third-order valence-electron chi connectivity index (χ3n) is 5.76. The number of hydrogen-bond acceptors (Lipinski definition) is 4. The molecule has 0 atom stereocenters. The minimum absolute atomic E-state index is 0.132. The summed E-state index contributed by atoms with van der Waals surface area (Å²) in [6, 6.07) is 29.4. The summed E-state index contributed by atoms with van der Waals surface area (Å²) in [7, 11) is 0. The Kier molecular flexibility index (Phi) is 8.28. The number of nitrogens with zero attached hydrogens (tertiary/aromatic N) is 2. The average Bonchev–Trinajstić information content (AvgIpc) is 2.93. The Morgan fingerprint density at radius 2 is 1.61 bits per heavy atom. The first-order chi connectivity index (χ1) is 18.5. The van der Waals surface area contributed by atoms with Crippen LogP contribution in [0.2, 0.25) is 0 Å². The number of ether oxygens (including phenoxy) is 1. The zero-order valence-corrected chi connectivity index (χ0v) is 24.2. The molecule has 188 valence electrons. The van der Waals surface area contributed by atoms with Gasteiger partial charge in [0.2, 0.25) is 0 Å². The third-order valence-corrected chi connectivity index (χ3v) is 7.36. The molecule has 0 bridgehead atoms. The van der Waals surface area contributed by atoms with Crippen LogP contribution >= 0.6 is 45.2 Å². The van der Waals surface area contributed by atoms with Crippen molar-refractivity contribution in [1.29, 1.82) is 0 Å². The van der Waals surface area contributed by atoms with Gasteiger partial charge < -0.3 is 4.74 Å². The van der Waals surface area contributed by atoms with Crippen molar-refractivity contribution in [2.75, 3.05) is 0 Å². The highest BCUT2D eigenvalue weighted by atomic mass is 127. The fourth-order valence-electron chi connectivity index (χ4n) is 3.90. The molecule has 4 aromatic carbocycles. The standard InChI is InChI=1S/C30H20FI2N3O2/c31-24-12-6-4-10-21(24)18-38-29-25(32)14-19(15-26(29)33)17-34-36-30(37)23-16-28(20-8-2-1-3-9-20)35-27-13-7-5-11-22(23)27/h1-17H,18H2,(H,36,37)/b34-17+. The van der Waals surface area contributed by atoms with E-state index in [9.17, 15) is 9.18 Å². The number of rotatable bonds is 7. The average molecular weight is 727 g/mol. The number of hydrazone groups is 1. The monoisotopic (exact) mass is 727 g/mol. The van der Waals surface area contributed by atoms with Gasteiger partial charge in [-0.15, -0.1) is 0 Å². The second-order valence-electron chi connectivity index (χ2n) is 8.33. The number of amides is 1.